The fourth-order valence-corrected chi connectivity index (χ4v) is 3.30. The van der Waals surface area contributed by atoms with E-state index in [1.54, 1.807) is 23.2 Å². The van der Waals surface area contributed by atoms with E-state index >= 15 is 0 Å². The van der Waals surface area contributed by atoms with Gasteiger partial charge in [-0.05, 0) is 31.9 Å². The topological polar surface area (TPSA) is 81.4 Å². The van der Waals surface area contributed by atoms with E-state index in [0.29, 0.717) is 36.3 Å². The number of rotatable bonds is 5. The maximum atomic E-state index is 13.1. The standard InChI is InChI=1S/C20H20N4O3/c1-2-26-18-15(10-6-12-21-18)20(25)24-13-7-11-16(24)19-22-17(23-27-19)14-8-4-3-5-9-14/h3-6,8-10,12,16H,2,7,11,13H2,1H3. The molecule has 1 fully saturated rings. The molecule has 1 saturated heterocycles. The van der Waals surface area contributed by atoms with E-state index in [-0.39, 0.29) is 11.9 Å². The van der Waals surface area contributed by atoms with Gasteiger partial charge in [0.2, 0.25) is 17.6 Å². The van der Waals surface area contributed by atoms with Crippen LogP contribution in [0.25, 0.3) is 11.4 Å². The molecule has 0 spiro atoms. The van der Waals surface area contributed by atoms with Gasteiger partial charge in [-0.3, -0.25) is 4.79 Å². The lowest BCUT2D eigenvalue weighted by atomic mass is 10.2. The van der Waals surface area contributed by atoms with Crippen molar-refractivity contribution in [3.63, 3.8) is 0 Å². The Kier molecular flexibility index (Phi) is 4.82. The summed E-state index contributed by atoms with van der Waals surface area (Å²) >= 11 is 0. The van der Waals surface area contributed by atoms with Gasteiger partial charge in [0, 0.05) is 18.3 Å². The molecule has 1 aromatic carbocycles. The summed E-state index contributed by atoms with van der Waals surface area (Å²) in [5.41, 5.74) is 1.34. The number of nitrogens with zero attached hydrogens (tertiary/aromatic N) is 4. The molecule has 4 rings (SSSR count). The largest absolute Gasteiger partial charge is 0.477 e. The van der Waals surface area contributed by atoms with Crippen molar-refractivity contribution in [1.82, 2.24) is 20.0 Å². The molecule has 1 atom stereocenters. The molecule has 3 heterocycles. The molecule has 3 aromatic rings. The van der Waals surface area contributed by atoms with E-state index in [1.165, 1.54) is 0 Å². The highest BCUT2D eigenvalue weighted by Gasteiger charge is 2.35. The van der Waals surface area contributed by atoms with Crippen LogP contribution >= 0.6 is 0 Å². The highest BCUT2D eigenvalue weighted by Crippen LogP contribution is 2.34. The van der Waals surface area contributed by atoms with E-state index in [0.717, 1.165) is 18.4 Å². The summed E-state index contributed by atoms with van der Waals surface area (Å²) in [6.45, 7) is 2.95. The minimum atomic E-state index is -0.239. The number of amides is 1. The molecule has 0 bridgehead atoms. The van der Waals surface area contributed by atoms with Crippen LogP contribution < -0.4 is 4.74 Å². The van der Waals surface area contributed by atoms with E-state index in [9.17, 15) is 4.79 Å². The van der Waals surface area contributed by atoms with Gasteiger partial charge in [0.25, 0.3) is 5.91 Å². The van der Waals surface area contributed by atoms with Crippen molar-refractivity contribution >= 4 is 5.91 Å². The molecule has 0 radical (unpaired) electrons. The molecule has 27 heavy (non-hydrogen) atoms. The molecule has 2 aromatic heterocycles. The Morgan fingerprint density at radius 1 is 1.26 bits per heavy atom. The first-order valence-electron chi connectivity index (χ1n) is 9.05. The Morgan fingerprint density at radius 3 is 2.93 bits per heavy atom. The van der Waals surface area contributed by atoms with Crippen LogP contribution in [0.5, 0.6) is 5.88 Å². The highest BCUT2D eigenvalue weighted by molar-refractivity contribution is 5.96. The Bertz CT molecular complexity index is 926. The van der Waals surface area contributed by atoms with Crippen LogP contribution in [0.3, 0.4) is 0 Å². The molecule has 7 heteroatoms. The van der Waals surface area contributed by atoms with Gasteiger partial charge < -0.3 is 14.2 Å². The third-order valence-electron chi connectivity index (χ3n) is 4.56. The molecule has 1 amide bonds. The SMILES string of the molecule is CCOc1ncccc1C(=O)N1CCCC1c1nc(-c2ccccc2)no1. The summed E-state index contributed by atoms with van der Waals surface area (Å²) in [5.74, 6) is 1.21. The van der Waals surface area contributed by atoms with Crippen molar-refractivity contribution in [3.05, 3.63) is 60.1 Å². The fraction of sp³-hybridized carbons (Fsp3) is 0.300. The first-order chi connectivity index (χ1) is 13.3. The molecular formula is C20H20N4O3. The number of hydrogen-bond donors (Lipinski definition) is 0. The van der Waals surface area contributed by atoms with Gasteiger partial charge in [-0.2, -0.15) is 4.98 Å². The number of benzene rings is 1. The van der Waals surface area contributed by atoms with Crippen LogP contribution in [0.2, 0.25) is 0 Å². The Balaban J connectivity index is 1.60. The van der Waals surface area contributed by atoms with E-state index < -0.39 is 0 Å². The van der Waals surface area contributed by atoms with Crippen LogP contribution in [0.1, 0.15) is 42.1 Å². The first kappa shape index (κ1) is 17.2. The highest BCUT2D eigenvalue weighted by atomic mass is 16.5. The summed E-state index contributed by atoms with van der Waals surface area (Å²) < 4.78 is 11.0. The van der Waals surface area contributed by atoms with Crippen LogP contribution in [0.4, 0.5) is 0 Å². The smallest absolute Gasteiger partial charge is 0.260 e. The number of aromatic nitrogens is 3. The third-order valence-corrected chi connectivity index (χ3v) is 4.56. The van der Waals surface area contributed by atoms with Crippen molar-refractivity contribution in [3.8, 4) is 17.3 Å². The number of ether oxygens (including phenoxy) is 1. The summed E-state index contributed by atoms with van der Waals surface area (Å²) in [5, 5.41) is 4.08. The zero-order valence-electron chi connectivity index (χ0n) is 15.0. The van der Waals surface area contributed by atoms with Gasteiger partial charge in [0.05, 0.1) is 6.61 Å². The van der Waals surface area contributed by atoms with Gasteiger partial charge in [0.15, 0.2) is 0 Å². The van der Waals surface area contributed by atoms with Crippen molar-refractivity contribution in [2.45, 2.75) is 25.8 Å². The average Bonchev–Trinajstić information content (AvgIpc) is 3.38. The Labute approximate surface area is 157 Å². The minimum absolute atomic E-state index is 0.131. The lowest BCUT2D eigenvalue weighted by molar-refractivity contribution is 0.0705. The fourth-order valence-electron chi connectivity index (χ4n) is 3.30. The van der Waals surface area contributed by atoms with Gasteiger partial charge >= 0.3 is 0 Å². The van der Waals surface area contributed by atoms with E-state index in [4.69, 9.17) is 9.26 Å². The summed E-state index contributed by atoms with van der Waals surface area (Å²) in [7, 11) is 0. The number of likely N-dealkylation sites (tertiary alicyclic amines) is 1. The number of pyridine rings is 1. The zero-order valence-corrected chi connectivity index (χ0v) is 15.0. The van der Waals surface area contributed by atoms with Crippen molar-refractivity contribution < 1.29 is 14.1 Å². The molecular weight excluding hydrogens is 344 g/mol. The molecule has 138 valence electrons. The summed E-state index contributed by atoms with van der Waals surface area (Å²) in [4.78, 5) is 23.6. The minimum Gasteiger partial charge on any atom is -0.477 e. The maximum absolute atomic E-state index is 13.1. The van der Waals surface area contributed by atoms with Crippen LogP contribution in [0.15, 0.2) is 53.2 Å². The van der Waals surface area contributed by atoms with E-state index in [1.807, 2.05) is 37.3 Å². The molecule has 0 N–H and O–H groups in total. The molecule has 1 unspecified atom stereocenters. The van der Waals surface area contributed by atoms with Crippen molar-refractivity contribution in [2.24, 2.45) is 0 Å². The van der Waals surface area contributed by atoms with Gasteiger partial charge in [-0.1, -0.05) is 35.5 Å². The number of carbonyl (C=O) groups is 1. The van der Waals surface area contributed by atoms with Crippen molar-refractivity contribution in [2.75, 3.05) is 13.2 Å². The Morgan fingerprint density at radius 2 is 2.11 bits per heavy atom. The third kappa shape index (κ3) is 3.40. The Hall–Kier alpha value is -3.22. The predicted octanol–water partition coefficient (Wildman–Crippen LogP) is 3.51. The second-order valence-corrected chi connectivity index (χ2v) is 6.27. The first-order valence-corrected chi connectivity index (χ1v) is 9.05. The predicted molar refractivity (Wildman–Crippen MR) is 98.2 cm³/mol. The average molecular weight is 364 g/mol. The second kappa shape index (κ2) is 7.57. The van der Waals surface area contributed by atoms with E-state index in [2.05, 4.69) is 15.1 Å². The summed E-state index contributed by atoms with van der Waals surface area (Å²) in [6.07, 6.45) is 3.28. The molecule has 7 nitrogen and oxygen atoms in total. The van der Waals surface area contributed by atoms with Crippen LogP contribution in [-0.4, -0.2) is 39.1 Å². The monoisotopic (exact) mass is 364 g/mol. The number of carbonyl (C=O) groups excluding carboxylic acids is 1. The number of hydrogen-bond acceptors (Lipinski definition) is 6. The van der Waals surface area contributed by atoms with Gasteiger partial charge in [0.1, 0.15) is 11.6 Å². The normalized spacial score (nSPS) is 16.5. The molecule has 1 aliphatic rings. The molecule has 0 aliphatic carbocycles. The quantitative estimate of drug-likeness (QED) is 0.689. The molecule has 0 saturated carbocycles. The molecule has 1 aliphatic heterocycles. The lowest BCUT2D eigenvalue weighted by Gasteiger charge is -2.22. The zero-order chi connectivity index (χ0) is 18.6. The maximum Gasteiger partial charge on any atom is 0.260 e. The van der Waals surface area contributed by atoms with Gasteiger partial charge in [-0.25, -0.2) is 4.98 Å². The van der Waals surface area contributed by atoms with Crippen LogP contribution in [0, 0.1) is 0 Å². The summed E-state index contributed by atoms with van der Waals surface area (Å²) in [6, 6.07) is 12.9. The van der Waals surface area contributed by atoms with Crippen LogP contribution in [-0.2, 0) is 0 Å². The van der Waals surface area contributed by atoms with Crippen molar-refractivity contribution in [1.29, 1.82) is 0 Å². The second-order valence-electron chi connectivity index (χ2n) is 6.27. The van der Waals surface area contributed by atoms with Gasteiger partial charge in [-0.15, -0.1) is 0 Å². The lowest BCUT2D eigenvalue weighted by Crippen LogP contribution is -2.31.